The van der Waals surface area contributed by atoms with Gasteiger partial charge in [-0.25, -0.2) is 4.79 Å². The van der Waals surface area contributed by atoms with Crippen LogP contribution in [0.2, 0.25) is 0 Å². The van der Waals surface area contributed by atoms with Crippen LogP contribution in [0.1, 0.15) is 46.8 Å². The van der Waals surface area contributed by atoms with Crippen molar-refractivity contribution in [3.8, 4) is 11.5 Å². The van der Waals surface area contributed by atoms with Gasteiger partial charge >= 0.3 is 11.9 Å². The van der Waals surface area contributed by atoms with E-state index >= 15 is 0 Å². The lowest BCUT2D eigenvalue weighted by molar-refractivity contribution is -0.136. The minimum Gasteiger partial charge on any atom is -0.507 e. The number of hydrogen-bond acceptors (Lipinski definition) is 6. The smallest absolute Gasteiger partial charge is 0.342 e. The van der Waals surface area contributed by atoms with Gasteiger partial charge in [-0.2, -0.15) is 0 Å². The number of allylic oxidation sites excluding steroid dienone is 2. The van der Waals surface area contributed by atoms with Gasteiger partial charge in [-0.05, 0) is 32.3 Å². The molecule has 0 bridgehead atoms. The van der Waals surface area contributed by atoms with Gasteiger partial charge in [0.2, 0.25) is 0 Å². The molecular formula is C18H24O7. The van der Waals surface area contributed by atoms with Gasteiger partial charge < -0.3 is 24.8 Å². The molecule has 7 heteroatoms. The third-order valence-corrected chi connectivity index (χ3v) is 4.03. The Bertz CT molecular complexity index is 689. The summed E-state index contributed by atoms with van der Waals surface area (Å²) in [4.78, 5) is 22.7. The van der Waals surface area contributed by atoms with E-state index in [0.29, 0.717) is 23.3 Å². The van der Waals surface area contributed by atoms with Crippen molar-refractivity contribution in [1.29, 1.82) is 0 Å². The summed E-state index contributed by atoms with van der Waals surface area (Å²) in [6, 6.07) is 0. The van der Waals surface area contributed by atoms with E-state index in [1.807, 2.05) is 0 Å². The summed E-state index contributed by atoms with van der Waals surface area (Å²) in [5.41, 5.74) is 1.92. The average molecular weight is 352 g/mol. The fourth-order valence-electron chi connectivity index (χ4n) is 2.62. The highest BCUT2D eigenvalue weighted by atomic mass is 16.5. The zero-order valence-electron chi connectivity index (χ0n) is 14.9. The maximum atomic E-state index is 12.0. The Morgan fingerprint density at radius 2 is 1.80 bits per heavy atom. The van der Waals surface area contributed by atoms with Gasteiger partial charge in [-0.1, -0.05) is 11.6 Å². The number of carbonyl (C=O) groups is 2. The van der Waals surface area contributed by atoms with E-state index in [9.17, 15) is 19.8 Å². The number of ether oxygens (including phenoxy) is 2. The van der Waals surface area contributed by atoms with Crippen LogP contribution in [0.5, 0.6) is 11.5 Å². The van der Waals surface area contributed by atoms with Gasteiger partial charge in [0.25, 0.3) is 0 Å². The summed E-state index contributed by atoms with van der Waals surface area (Å²) in [5.74, 6) is -1.57. The highest BCUT2D eigenvalue weighted by Crippen LogP contribution is 2.39. The van der Waals surface area contributed by atoms with E-state index in [1.165, 1.54) is 14.2 Å². The van der Waals surface area contributed by atoms with Crippen LogP contribution in [0.4, 0.5) is 0 Å². The highest BCUT2D eigenvalue weighted by molar-refractivity contribution is 5.95. The van der Waals surface area contributed by atoms with E-state index in [-0.39, 0.29) is 29.7 Å². The molecule has 0 unspecified atom stereocenters. The number of phenols is 1. The molecule has 0 spiro atoms. The topological polar surface area (TPSA) is 113 Å². The van der Waals surface area contributed by atoms with E-state index < -0.39 is 18.5 Å². The molecule has 1 rings (SSSR count). The maximum Gasteiger partial charge on any atom is 0.342 e. The number of rotatable bonds is 8. The Hall–Kier alpha value is -2.54. The second-order valence-corrected chi connectivity index (χ2v) is 5.64. The Labute approximate surface area is 146 Å². The number of aromatic hydroxyl groups is 1. The number of esters is 1. The van der Waals surface area contributed by atoms with Crippen molar-refractivity contribution in [2.45, 2.75) is 39.7 Å². The molecule has 1 aromatic rings. The molecule has 0 amide bonds. The molecule has 0 aromatic heterocycles. The first-order chi connectivity index (χ1) is 11.8. The monoisotopic (exact) mass is 352 g/mol. The number of carboxylic acids is 1. The van der Waals surface area contributed by atoms with E-state index in [4.69, 9.17) is 14.6 Å². The molecule has 0 radical (unpaired) electrons. The Morgan fingerprint density at radius 3 is 2.28 bits per heavy atom. The Kier molecular flexibility index (Phi) is 7.44. The first-order valence-electron chi connectivity index (χ1n) is 7.76. The minimum absolute atomic E-state index is 0.0152. The molecule has 25 heavy (non-hydrogen) atoms. The van der Waals surface area contributed by atoms with Gasteiger partial charge in [0, 0.05) is 17.5 Å². The Balaban J connectivity index is 3.39. The molecule has 0 saturated heterocycles. The molecule has 0 fully saturated rings. The molecule has 0 heterocycles. The number of aliphatic hydroxyl groups excluding tert-OH is 1. The van der Waals surface area contributed by atoms with E-state index in [0.717, 1.165) is 5.57 Å². The van der Waals surface area contributed by atoms with Crippen LogP contribution in [-0.2, 0) is 22.6 Å². The van der Waals surface area contributed by atoms with Gasteiger partial charge in [0.05, 0.1) is 20.8 Å². The van der Waals surface area contributed by atoms with Crippen molar-refractivity contribution in [2.75, 3.05) is 14.2 Å². The lowest BCUT2D eigenvalue weighted by Crippen LogP contribution is -2.11. The minimum atomic E-state index is -0.885. The fourth-order valence-corrected chi connectivity index (χ4v) is 2.62. The Morgan fingerprint density at radius 1 is 1.16 bits per heavy atom. The van der Waals surface area contributed by atoms with Crippen molar-refractivity contribution in [1.82, 2.24) is 0 Å². The van der Waals surface area contributed by atoms with E-state index in [2.05, 4.69) is 0 Å². The number of carboxylic acid groups (broad SMARTS) is 1. The van der Waals surface area contributed by atoms with Crippen LogP contribution in [0.3, 0.4) is 0 Å². The summed E-state index contributed by atoms with van der Waals surface area (Å²) in [5, 5.41) is 28.9. The third kappa shape index (κ3) is 4.73. The summed E-state index contributed by atoms with van der Waals surface area (Å²) in [6.07, 6.45) is 2.42. The summed E-state index contributed by atoms with van der Waals surface area (Å²) in [6.45, 7) is 3.03. The summed E-state index contributed by atoms with van der Waals surface area (Å²) in [7, 11) is 2.63. The average Bonchev–Trinajstić information content (AvgIpc) is 2.58. The highest BCUT2D eigenvalue weighted by Gasteiger charge is 2.26. The van der Waals surface area contributed by atoms with Crippen LogP contribution in [-0.4, -0.2) is 41.5 Å². The van der Waals surface area contributed by atoms with Crippen molar-refractivity contribution >= 4 is 11.9 Å². The van der Waals surface area contributed by atoms with Crippen molar-refractivity contribution in [2.24, 2.45) is 0 Å². The van der Waals surface area contributed by atoms with Crippen LogP contribution >= 0.6 is 0 Å². The molecule has 0 saturated carbocycles. The molecule has 0 aliphatic heterocycles. The second-order valence-electron chi connectivity index (χ2n) is 5.64. The molecule has 3 N–H and O–H groups in total. The summed E-state index contributed by atoms with van der Waals surface area (Å²) >= 11 is 0. The fraction of sp³-hybridized carbons (Fsp3) is 0.444. The second kappa shape index (κ2) is 9.08. The van der Waals surface area contributed by atoms with Gasteiger partial charge in [-0.3, -0.25) is 4.79 Å². The molecule has 138 valence electrons. The maximum absolute atomic E-state index is 12.0. The molecule has 0 atom stereocenters. The number of benzene rings is 1. The molecule has 7 nitrogen and oxygen atoms in total. The van der Waals surface area contributed by atoms with Gasteiger partial charge in [-0.15, -0.1) is 0 Å². The first-order valence-corrected chi connectivity index (χ1v) is 7.76. The number of aliphatic carboxylic acids is 1. The number of methoxy groups -OCH3 is 2. The normalized spacial score (nSPS) is 11.3. The standard InChI is InChI=1S/C18H24O7/c1-10(6-8-14(20)21)5-7-12-16(22)15(18(23)25-4)13(9-19)11(2)17(12)24-3/h5,19,22H,6-9H2,1-4H3,(H,20,21)/b10-5+. The summed E-state index contributed by atoms with van der Waals surface area (Å²) < 4.78 is 10.1. The third-order valence-electron chi connectivity index (χ3n) is 4.03. The molecule has 1 aromatic carbocycles. The van der Waals surface area contributed by atoms with Crippen LogP contribution < -0.4 is 4.74 Å². The predicted octanol–water partition coefficient (Wildman–Crippen LogP) is 2.34. The number of hydrogen-bond donors (Lipinski definition) is 3. The van der Waals surface area contributed by atoms with Crippen LogP contribution in [0.15, 0.2) is 11.6 Å². The molecule has 0 aliphatic carbocycles. The van der Waals surface area contributed by atoms with Crippen LogP contribution in [0, 0.1) is 6.92 Å². The van der Waals surface area contributed by atoms with Crippen LogP contribution in [0.25, 0.3) is 0 Å². The predicted molar refractivity (Wildman–Crippen MR) is 91.0 cm³/mol. The quantitative estimate of drug-likeness (QED) is 0.486. The van der Waals surface area contributed by atoms with Crippen molar-refractivity contribution in [3.05, 3.63) is 33.9 Å². The number of phenolic OH excluding ortho intramolecular Hbond substituents is 1. The van der Waals surface area contributed by atoms with Crippen molar-refractivity contribution in [3.63, 3.8) is 0 Å². The number of aliphatic hydroxyl groups is 1. The van der Waals surface area contributed by atoms with Crippen molar-refractivity contribution < 1.29 is 34.4 Å². The SMILES string of the molecule is COC(=O)c1c(O)c(C/C=C(\C)CCC(=O)O)c(OC)c(C)c1CO. The molecular weight excluding hydrogens is 328 g/mol. The zero-order valence-corrected chi connectivity index (χ0v) is 14.9. The van der Waals surface area contributed by atoms with E-state index in [1.54, 1.807) is 19.9 Å². The van der Waals surface area contributed by atoms with Gasteiger partial charge in [0.1, 0.15) is 17.1 Å². The van der Waals surface area contributed by atoms with Gasteiger partial charge in [0.15, 0.2) is 0 Å². The lowest BCUT2D eigenvalue weighted by atomic mass is 9.93. The zero-order chi connectivity index (χ0) is 19.1. The largest absolute Gasteiger partial charge is 0.507 e. The lowest BCUT2D eigenvalue weighted by Gasteiger charge is -2.19. The first kappa shape index (κ1) is 20.5. The molecule has 0 aliphatic rings. The number of carbonyl (C=O) groups excluding carboxylic acids is 1.